The Balaban J connectivity index is 2.08. The van der Waals surface area contributed by atoms with E-state index in [-0.39, 0.29) is 18.1 Å². The number of pyridine rings is 1. The molecule has 0 saturated carbocycles. The smallest absolute Gasteiger partial charge is 0.230 e. The average molecular weight is 370 g/mol. The van der Waals surface area contributed by atoms with Crippen molar-refractivity contribution in [2.75, 3.05) is 5.32 Å². The van der Waals surface area contributed by atoms with Gasteiger partial charge < -0.3 is 5.32 Å². The number of amides is 1. The number of carbonyl (C=O) groups excluding carboxylic acids is 1. The highest BCUT2D eigenvalue weighted by atomic mass is 127. The fraction of sp³-hybridized carbons (Fsp3) is 0.143. The summed E-state index contributed by atoms with van der Waals surface area (Å²) in [6.07, 6.45) is 1.87. The molecule has 0 fully saturated rings. The molecule has 0 bridgehead atoms. The van der Waals surface area contributed by atoms with Crippen molar-refractivity contribution in [2.45, 2.75) is 13.3 Å². The van der Waals surface area contributed by atoms with Gasteiger partial charge in [-0.25, -0.2) is 4.39 Å². The zero-order chi connectivity index (χ0) is 13.8. The zero-order valence-electron chi connectivity index (χ0n) is 10.3. The lowest BCUT2D eigenvalue weighted by atomic mass is 10.1. The number of hydrogen-bond acceptors (Lipinski definition) is 2. The molecule has 0 radical (unpaired) electrons. The highest BCUT2D eigenvalue weighted by Crippen LogP contribution is 2.19. The van der Waals surface area contributed by atoms with Gasteiger partial charge in [0.25, 0.3) is 0 Å². The molecule has 0 aliphatic rings. The minimum absolute atomic E-state index is 0.161. The second-order valence-corrected chi connectivity index (χ2v) is 5.28. The molecule has 1 aromatic heterocycles. The minimum Gasteiger partial charge on any atom is -0.325 e. The Morgan fingerprint density at radius 1 is 1.42 bits per heavy atom. The number of nitrogens with zero attached hydrogens (tertiary/aromatic N) is 1. The van der Waals surface area contributed by atoms with E-state index in [0.29, 0.717) is 9.26 Å². The predicted octanol–water partition coefficient (Wildman–Crippen LogP) is 3.31. The van der Waals surface area contributed by atoms with Gasteiger partial charge in [-0.15, -0.1) is 0 Å². The van der Waals surface area contributed by atoms with Crippen LogP contribution in [0, 0.1) is 16.3 Å². The van der Waals surface area contributed by atoms with E-state index < -0.39 is 0 Å². The first-order chi connectivity index (χ1) is 9.06. The third-order valence-corrected chi connectivity index (χ3v) is 3.54. The van der Waals surface area contributed by atoms with E-state index in [1.807, 2.05) is 41.6 Å². The summed E-state index contributed by atoms with van der Waals surface area (Å²) in [5.74, 6) is -0.478. The maximum atomic E-state index is 13.0. The Kier molecular flexibility index (Phi) is 4.47. The molecule has 2 aromatic rings. The molecule has 0 saturated heterocycles. The number of carbonyl (C=O) groups is 1. The topological polar surface area (TPSA) is 42.0 Å². The Morgan fingerprint density at radius 3 is 2.89 bits per heavy atom. The van der Waals surface area contributed by atoms with Gasteiger partial charge in [0.1, 0.15) is 5.82 Å². The van der Waals surface area contributed by atoms with Crippen LogP contribution < -0.4 is 5.32 Å². The van der Waals surface area contributed by atoms with Crippen LogP contribution >= 0.6 is 22.6 Å². The number of nitrogens with one attached hydrogen (secondary N) is 1. The van der Waals surface area contributed by atoms with Gasteiger partial charge in [-0.05, 0) is 59.3 Å². The maximum absolute atomic E-state index is 13.0. The molecule has 1 aromatic carbocycles. The van der Waals surface area contributed by atoms with E-state index in [1.54, 1.807) is 12.3 Å². The van der Waals surface area contributed by atoms with Crippen LogP contribution in [0.2, 0.25) is 0 Å². The van der Waals surface area contributed by atoms with E-state index in [0.717, 1.165) is 11.3 Å². The summed E-state index contributed by atoms with van der Waals surface area (Å²) < 4.78 is 13.6. The molecule has 0 aliphatic heterocycles. The maximum Gasteiger partial charge on any atom is 0.230 e. The van der Waals surface area contributed by atoms with Gasteiger partial charge in [-0.1, -0.05) is 6.07 Å². The number of rotatable bonds is 3. The summed E-state index contributed by atoms with van der Waals surface area (Å²) in [7, 11) is 0. The van der Waals surface area contributed by atoms with Gasteiger partial charge in [-0.2, -0.15) is 0 Å². The Hall–Kier alpha value is -1.50. The number of halogens is 2. The van der Waals surface area contributed by atoms with Gasteiger partial charge in [-0.3, -0.25) is 9.78 Å². The molecule has 1 heterocycles. The molecule has 0 atom stereocenters. The Morgan fingerprint density at radius 2 is 2.21 bits per heavy atom. The fourth-order valence-electron chi connectivity index (χ4n) is 1.64. The predicted molar refractivity (Wildman–Crippen MR) is 80.4 cm³/mol. The van der Waals surface area contributed by atoms with E-state index >= 15 is 0 Å². The van der Waals surface area contributed by atoms with Crippen molar-refractivity contribution < 1.29 is 9.18 Å². The van der Waals surface area contributed by atoms with E-state index in [9.17, 15) is 9.18 Å². The molecule has 1 amide bonds. The third-order valence-electron chi connectivity index (χ3n) is 2.65. The summed E-state index contributed by atoms with van der Waals surface area (Å²) in [6.45, 7) is 1.91. The molecular formula is C14H12FIN2O. The van der Waals surface area contributed by atoms with Gasteiger partial charge >= 0.3 is 0 Å². The standard InChI is InChI=1S/C14H12FIN2O/c1-9-3-2-6-17-13(9)8-14(19)18-12-5-4-10(15)7-11(12)16/h2-7H,8H2,1H3,(H,18,19). The van der Waals surface area contributed by atoms with Crippen molar-refractivity contribution in [2.24, 2.45) is 0 Å². The van der Waals surface area contributed by atoms with Crippen LogP contribution in [0.25, 0.3) is 0 Å². The third kappa shape index (κ3) is 3.73. The molecular weight excluding hydrogens is 358 g/mol. The average Bonchev–Trinajstić information content (AvgIpc) is 2.36. The van der Waals surface area contributed by atoms with Gasteiger partial charge in [0.15, 0.2) is 0 Å². The second-order valence-electron chi connectivity index (χ2n) is 4.12. The fourth-order valence-corrected chi connectivity index (χ4v) is 2.25. The summed E-state index contributed by atoms with van der Waals surface area (Å²) >= 11 is 1.99. The lowest BCUT2D eigenvalue weighted by Crippen LogP contribution is -2.16. The van der Waals surface area contributed by atoms with Crippen molar-refractivity contribution in [1.29, 1.82) is 0 Å². The number of aromatic nitrogens is 1. The van der Waals surface area contributed by atoms with Crippen LogP contribution in [0.15, 0.2) is 36.5 Å². The highest BCUT2D eigenvalue weighted by Gasteiger charge is 2.09. The number of aryl methyl sites for hydroxylation is 1. The van der Waals surface area contributed by atoms with Crippen molar-refractivity contribution >= 4 is 34.2 Å². The summed E-state index contributed by atoms with van der Waals surface area (Å²) in [4.78, 5) is 16.1. The van der Waals surface area contributed by atoms with Crippen LogP contribution in [0.3, 0.4) is 0 Å². The quantitative estimate of drug-likeness (QED) is 0.843. The van der Waals surface area contributed by atoms with E-state index in [2.05, 4.69) is 10.3 Å². The first kappa shape index (κ1) is 13.9. The highest BCUT2D eigenvalue weighted by molar-refractivity contribution is 14.1. The molecule has 2 rings (SSSR count). The second kappa shape index (κ2) is 6.10. The van der Waals surface area contributed by atoms with Crippen molar-refractivity contribution in [1.82, 2.24) is 4.98 Å². The minimum atomic E-state index is -0.317. The SMILES string of the molecule is Cc1cccnc1CC(=O)Nc1ccc(F)cc1I. The van der Waals surface area contributed by atoms with Crippen molar-refractivity contribution in [3.8, 4) is 0 Å². The summed E-state index contributed by atoms with van der Waals surface area (Å²) in [5, 5.41) is 2.76. The molecule has 3 nitrogen and oxygen atoms in total. The number of hydrogen-bond donors (Lipinski definition) is 1. The number of anilines is 1. The summed E-state index contributed by atoms with van der Waals surface area (Å²) in [6, 6.07) is 8.00. The molecule has 19 heavy (non-hydrogen) atoms. The molecule has 1 N–H and O–H groups in total. The normalized spacial score (nSPS) is 10.3. The van der Waals surface area contributed by atoms with Crippen molar-refractivity contribution in [3.05, 3.63) is 57.2 Å². The van der Waals surface area contributed by atoms with Gasteiger partial charge in [0.05, 0.1) is 17.8 Å². The summed E-state index contributed by atoms with van der Waals surface area (Å²) in [5.41, 5.74) is 2.34. The number of benzene rings is 1. The van der Waals surface area contributed by atoms with Crippen LogP contribution in [0.4, 0.5) is 10.1 Å². The molecule has 0 aliphatic carbocycles. The first-order valence-electron chi connectivity index (χ1n) is 5.71. The zero-order valence-corrected chi connectivity index (χ0v) is 12.4. The molecule has 0 spiro atoms. The van der Waals surface area contributed by atoms with Crippen LogP contribution in [0.5, 0.6) is 0 Å². The lowest BCUT2D eigenvalue weighted by molar-refractivity contribution is -0.115. The molecule has 5 heteroatoms. The largest absolute Gasteiger partial charge is 0.325 e. The van der Waals surface area contributed by atoms with Crippen LogP contribution in [-0.4, -0.2) is 10.9 Å². The van der Waals surface area contributed by atoms with Crippen molar-refractivity contribution in [3.63, 3.8) is 0 Å². The van der Waals surface area contributed by atoms with Crippen LogP contribution in [0.1, 0.15) is 11.3 Å². The monoisotopic (exact) mass is 370 g/mol. The van der Waals surface area contributed by atoms with E-state index in [4.69, 9.17) is 0 Å². The Bertz CT molecular complexity index is 616. The molecule has 0 unspecified atom stereocenters. The van der Waals surface area contributed by atoms with Crippen LogP contribution in [-0.2, 0) is 11.2 Å². The van der Waals surface area contributed by atoms with Gasteiger partial charge in [0, 0.05) is 9.77 Å². The first-order valence-corrected chi connectivity index (χ1v) is 6.79. The Labute approximate surface area is 124 Å². The van der Waals surface area contributed by atoms with Gasteiger partial charge in [0.2, 0.25) is 5.91 Å². The molecule has 98 valence electrons. The lowest BCUT2D eigenvalue weighted by Gasteiger charge is -2.08. The van der Waals surface area contributed by atoms with E-state index in [1.165, 1.54) is 12.1 Å².